The van der Waals surface area contributed by atoms with Crippen LogP contribution < -0.4 is 32.3 Å². The third kappa shape index (κ3) is 13.0. The zero-order valence-electron chi connectivity index (χ0n) is 35.4. The molecule has 1 aliphatic heterocycles. The van der Waals surface area contributed by atoms with Gasteiger partial charge < -0.3 is 57.5 Å². The molecule has 1 saturated heterocycles. The Morgan fingerprint density at radius 2 is 1.44 bits per heavy atom. The topological polar surface area (TPSA) is 285 Å². The van der Waals surface area contributed by atoms with Crippen LogP contribution in [0, 0.1) is 11.8 Å². The molecule has 0 bridgehead atoms. The number of H-pyrrole nitrogens is 1. The van der Waals surface area contributed by atoms with Gasteiger partial charge in [-0.2, -0.15) is 0 Å². The molecule has 4 rings (SSSR count). The second kappa shape index (κ2) is 21.5. The van der Waals surface area contributed by atoms with Crippen molar-refractivity contribution in [3.05, 3.63) is 65.9 Å². The van der Waals surface area contributed by atoms with Crippen LogP contribution >= 0.6 is 0 Å². The Labute approximate surface area is 354 Å². The third-order valence-electron chi connectivity index (χ3n) is 10.7. The van der Waals surface area contributed by atoms with Gasteiger partial charge in [-0.1, -0.05) is 58.0 Å². The molecule has 11 N–H and O–H groups in total. The number of hydrogen-bond acceptors (Lipinski definition) is 10. The molecule has 1 aromatic heterocycles. The van der Waals surface area contributed by atoms with Crippen LogP contribution in [0.3, 0.4) is 0 Å². The smallest absolute Gasteiger partial charge is 0.328 e. The van der Waals surface area contributed by atoms with E-state index in [1.54, 1.807) is 38.2 Å². The first kappa shape index (κ1) is 47.7. The van der Waals surface area contributed by atoms with Crippen molar-refractivity contribution in [1.29, 1.82) is 0 Å². The van der Waals surface area contributed by atoms with Gasteiger partial charge >= 0.3 is 5.97 Å². The summed E-state index contributed by atoms with van der Waals surface area (Å²) in [4.78, 5) is 98.5. The average molecular weight is 849 g/mol. The van der Waals surface area contributed by atoms with E-state index in [2.05, 4.69) is 31.6 Å². The number of carboxylic acid groups (broad SMARTS) is 1. The average Bonchev–Trinajstić information content (AvgIpc) is 3.86. The number of benzene rings is 2. The molecule has 61 heavy (non-hydrogen) atoms. The molecule has 8 unspecified atom stereocenters. The van der Waals surface area contributed by atoms with Crippen molar-refractivity contribution in [1.82, 2.24) is 36.5 Å². The number of nitrogens with zero attached hydrogens (tertiary/aromatic N) is 1. The van der Waals surface area contributed by atoms with Gasteiger partial charge in [0.15, 0.2) is 6.04 Å². The lowest BCUT2D eigenvalue weighted by Gasteiger charge is -2.31. The van der Waals surface area contributed by atoms with Gasteiger partial charge in [-0.05, 0) is 74.3 Å². The Hall–Kier alpha value is -6.01. The molecule has 2 aromatic carbocycles. The second-order valence-electron chi connectivity index (χ2n) is 16.5. The Balaban J connectivity index is 1.55. The highest BCUT2D eigenvalue weighted by molar-refractivity contribution is 5.97. The summed E-state index contributed by atoms with van der Waals surface area (Å²) in [5, 5.41) is 43.5. The Morgan fingerprint density at radius 3 is 2.07 bits per heavy atom. The van der Waals surface area contributed by atoms with Gasteiger partial charge in [0.2, 0.25) is 35.4 Å². The van der Waals surface area contributed by atoms with Crippen molar-refractivity contribution in [3.8, 4) is 5.75 Å². The van der Waals surface area contributed by atoms with Crippen molar-refractivity contribution >= 4 is 52.3 Å². The van der Waals surface area contributed by atoms with Crippen molar-refractivity contribution in [3.63, 3.8) is 0 Å². The molecule has 1 fully saturated rings. The quantitative estimate of drug-likeness (QED) is 0.0751. The van der Waals surface area contributed by atoms with Gasteiger partial charge in [0.1, 0.15) is 36.0 Å². The summed E-state index contributed by atoms with van der Waals surface area (Å²) in [5.74, 6) is -5.75. The number of carbonyl (C=O) groups is 7. The van der Waals surface area contributed by atoms with E-state index in [9.17, 15) is 48.9 Å². The number of aromatic hydroxyl groups is 1. The van der Waals surface area contributed by atoms with Gasteiger partial charge in [0.05, 0.1) is 12.1 Å². The number of fused-ring (bicyclic) bond motifs is 1. The van der Waals surface area contributed by atoms with Crippen molar-refractivity contribution in [2.45, 2.75) is 122 Å². The van der Waals surface area contributed by atoms with E-state index in [4.69, 9.17) is 5.73 Å². The molecule has 2 heterocycles. The number of phenolic OH excluding ortho intramolecular Hbond substituents is 1. The van der Waals surface area contributed by atoms with Crippen molar-refractivity contribution < 1.29 is 48.9 Å². The summed E-state index contributed by atoms with van der Waals surface area (Å²) in [6.45, 7) is 10.1. The number of aliphatic hydroxyl groups is 1. The summed E-state index contributed by atoms with van der Waals surface area (Å²) >= 11 is 0. The number of amides is 6. The highest BCUT2D eigenvalue weighted by Gasteiger charge is 2.40. The van der Waals surface area contributed by atoms with E-state index in [-0.39, 0.29) is 43.4 Å². The van der Waals surface area contributed by atoms with E-state index >= 15 is 0 Å². The fourth-order valence-corrected chi connectivity index (χ4v) is 7.29. The molecule has 8 atom stereocenters. The summed E-state index contributed by atoms with van der Waals surface area (Å²) in [6, 6.07) is 4.92. The molecule has 6 amide bonds. The monoisotopic (exact) mass is 848 g/mol. The van der Waals surface area contributed by atoms with E-state index in [0.29, 0.717) is 24.0 Å². The van der Waals surface area contributed by atoms with Crippen LogP contribution in [-0.2, 0) is 46.4 Å². The molecule has 1 aliphatic rings. The summed E-state index contributed by atoms with van der Waals surface area (Å²) in [6.07, 6.45) is 1.11. The number of phenols is 1. The molecule has 18 nitrogen and oxygen atoms in total. The molecular formula is C43H60N8O10. The Morgan fingerprint density at radius 1 is 0.787 bits per heavy atom. The number of aromatic nitrogens is 1. The van der Waals surface area contributed by atoms with Gasteiger partial charge in [0.25, 0.3) is 0 Å². The lowest BCUT2D eigenvalue weighted by molar-refractivity contribution is -0.145. The van der Waals surface area contributed by atoms with Crippen LogP contribution in [0.4, 0.5) is 0 Å². The van der Waals surface area contributed by atoms with E-state index < -0.39 is 89.8 Å². The van der Waals surface area contributed by atoms with E-state index in [0.717, 1.165) is 10.9 Å². The number of aliphatic hydroxyl groups excluding tert-OH is 1. The maximum atomic E-state index is 14.4. The zero-order chi connectivity index (χ0) is 45.1. The first-order chi connectivity index (χ1) is 28.8. The maximum Gasteiger partial charge on any atom is 0.328 e. The van der Waals surface area contributed by atoms with Crippen LogP contribution in [0.2, 0.25) is 0 Å². The number of likely N-dealkylation sites (tertiary alicyclic amines) is 1. The fourth-order valence-electron chi connectivity index (χ4n) is 7.29. The van der Waals surface area contributed by atoms with Crippen molar-refractivity contribution in [2.75, 3.05) is 6.54 Å². The molecule has 0 saturated carbocycles. The van der Waals surface area contributed by atoms with Crippen LogP contribution in [0.5, 0.6) is 5.75 Å². The van der Waals surface area contributed by atoms with Gasteiger partial charge in [-0.25, -0.2) is 4.79 Å². The fraction of sp³-hybridized carbons (Fsp3) is 0.512. The number of carboxylic acids is 1. The molecule has 0 spiro atoms. The minimum atomic E-state index is -1.67. The second-order valence-corrected chi connectivity index (χ2v) is 16.5. The van der Waals surface area contributed by atoms with Crippen LogP contribution in [0.25, 0.3) is 10.9 Å². The van der Waals surface area contributed by atoms with E-state index in [1.807, 2.05) is 32.0 Å². The number of para-hydroxylation sites is 1. The van der Waals surface area contributed by atoms with Gasteiger partial charge in [-0.3, -0.25) is 28.8 Å². The number of carbonyl (C=O) groups excluding carboxylic acids is 6. The number of rotatable bonds is 20. The lowest BCUT2D eigenvalue weighted by atomic mass is 10.00. The van der Waals surface area contributed by atoms with Crippen LogP contribution in [-0.4, -0.2) is 122 Å². The van der Waals surface area contributed by atoms with Gasteiger partial charge in [-0.15, -0.1) is 0 Å². The van der Waals surface area contributed by atoms with Crippen LogP contribution in [0.1, 0.15) is 71.9 Å². The molecule has 3 aromatic rings. The molecule has 332 valence electrons. The number of nitrogens with one attached hydrogen (secondary N) is 6. The Kier molecular flexibility index (Phi) is 16.8. The number of hydrogen-bond donors (Lipinski definition) is 10. The molecular weight excluding hydrogens is 789 g/mol. The zero-order valence-corrected chi connectivity index (χ0v) is 35.4. The predicted octanol–water partition coefficient (Wildman–Crippen LogP) is 0.588. The summed E-state index contributed by atoms with van der Waals surface area (Å²) in [7, 11) is 0. The molecule has 18 heteroatoms. The molecule has 0 aliphatic carbocycles. The minimum absolute atomic E-state index is 0.0189. The first-order valence-electron chi connectivity index (χ1n) is 20.6. The number of aromatic amines is 1. The predicted molar refractivity (Wildman–Crippen MR) is 225 cm³/mol. The third-order valence-corrected chi connectivity index (χ3v) is 10.7. The largest absolute Gasteiger partial charge is 0.508 e. The maximum absolute atomic E-state index is 14.4. The highest BCUT2D eigenvalue weighted by atomic mass is 16.4. The normalized spacial score (nSPS) is 17.4. The summed E-state index contributed by atoms with van der Waals surface area (Å²) in [5.41, 5.74) is 8.02. The summed E-state index contributed by atoms with van der Waals surface area (Å²) < 4.78 is 0. The van der Waals surface area contributed by atoms with E-state index in [1.165, 1.54) is 30.9 Å². The minimum Gasteiger partial charge on any atom is -0.508 e. The standard InChI is InChI=1S/C43H60N8O10/c1-22(2)18-30(44)38(55)49-35(23(3)4)41(58)46-24(5)37(54)48-33(19-26-13-15-28(53)16-14-26)42(59)51-17-9-12-34(51)40(57)47-32(39(56)50-36(25(6)52)43(60)61)20-27-21-45-31-11-8-7-10-29(27)31/h7-8,10-11,13-16,21-25,30,32-36,45,52-53H,9,12,17-20,44H2,1-6H3,(H,46,58)(H,47,57)(H,48,54)(H,49,55)(H,50,56)(H,60,61). The van der Waals surface area contributed by atoms with Crippen molar-refractivity contribution in [2.24, 2.45) is 17.6 Å². The molecule has 0 radical (unpaired) electrons. The number of nitrogens with two attached hydrogens (primary N) is 1. The number of aliphatic carboxylic acids is 1. The highest BCUT2D eigenvalue weighted by Crippen LogP contribution is 2.23. The SMILES string of the molecule is CC(C)CC(N)C(=O)NC(C(=O)NC(C)C(=O)NC(Cc1ccc(O)cc1)C(=O)N1CCCC1C(=O)NC(Cc1c[nH]c2ccccc12)C(=O)NC(C(=O)O)C(C)O)C(C)C. The first-order valence-corrected chi connectivity index (χ1v) is 20.6. The van der Waals surface area contributed by atoms with Crippen LogP contribution in [0.15, 0.2) is 54.7 Å². The van der Waals surface area contributed by atoms with Gasteiger partial charge in [0, 0.05) is 36.5 Å². The lowest BCUT2D eigenvalue weighted by Crippen LogP contribution is -2.60. The Bertz CT molecular complexity index is 2030.